The first kappa shape index (κ1) is 17.3. The number of piperidine rings is 1. The van der Waals surface area contributed by atoms with E-state index in [1.54, 1.807) is 0 Å². The Morgan fingerprint density at radius 2 is 1.96 bits per heavy atom. The topological polar surface area (TPSA) is 79.0 Å². The predicted molar refractivity (Wildman–Crippen MR) is 91.3 cm³/mol. The highest BCUT2D eigenvalue weighted by Gasteiger charge is 2.20. The molecule has 0 unspecified atom stereocenters. The molecule has 6 nitrogen and oxygen atoms in total. The van der Waals surface area contributed by atoms with Crippen LogP contribution in [0.4, 0.5) is 5.69 Å². The first-order chi connectivity index (χ1) is 10.7. The van der Waals surface area contributed by atoms with Crippen LogP contribution in [-0.4, -0.2) is 29.2 Å². The van der Waals surface area contributed by atoms with Crippen molar-refractivity contribution in [3.8, 4) is 11.6 Å². The Hall–Kier alpha value is -2.05. The number of H-pyrrole nitrogens is 1. The molecule has 2 aromatic rings. The minimum atomic E-state index is 0. The number of hydrogen-bond donors (Lipinski definition) is 3. The SMILES string of the molecule is Cc1cc(Oc2ccc(NC(=O)C3CCNCC3)cc2)n[nH]1.Cl. The van der Waals surface area contributed by atoms with Gasteiger partial charge in [0.2, 0.25) is 11.8 Å². The average Bonchev–Trinajstić information content (AvgIpc) is 2.95. The maximum absolute atomic E-state index is 12.2. The zero-order chi connectivity index (χ0) is 15.4. The summed E-state index contributed by atoms with van der Waals surface area (Å²) in [5.74, 6) is 1.41. The summed E-state index contributed by atoms with van der Waals surface area (Å²) in [7, 11) is 0. The molecule has 3 N–H and O–H groups in total. The molecule has 1 aromatic carbocycles. The molecule has 124 valence electrons. The Kier molecular flexibility index (Phi) is 6.01. The minimum absolute atomic E-state index is 0. The third-order valence-corrected chi connectivity index (χ3v) is 3.74. The van der Waals surface area contributed by atoms with Gasteiger partial charge in [-0.15, -0.1) is 17.5 Å². The number of nitrogens with zero attached hydrogens (tertiary/aromatic N) is 1. The van der Waals surface area contributed by atoms with Crippen LogP contribution >= 0.6 is 12.4 Å². The van der Waals surface area contributed by atoms with Crippen LogP contribution in [0, 0.1) is 12.8 Å². The Balaban J connectivity index is 0.00000192. The van der Waals surface area contributed by atoms with Gasteiger partial charge < -0.3 is 15.4 Å². The van der Waals surface area contributed by atoms with Gasteiger partial charge in [-0.05, 0) is 57.1 Å². The maximum Gasteiger partial charge on any atom is 0.238 e. The quantitative estimate of drug-likeness (QED) is 0.802. The van der Waals surface area contributed by atoms with Gasteiger partial charge in [0, 0.05) is 23.4 Å². The number of aromatic nitrogens is 2. The van der Waals surface area contributed by atoms with E-state index in [0.717, 1.165) is 37.3 Å². The molecule has 1 aliphatic heterocycles. The average molecular weight is 337 g/mol. The van der Waals surface area contributed by atoms with Crippen molar-refractivity contribution in [1.29, 1.82) is 0 Å². The standard InChI is InChI=1S/C16H20N4O2.ClH/c1-11-10-15(20-19-11)22-14-4-2-13(3-5-14)18-16(21)12-6-8-17-9-7-12;/h2-5,10,12,17H,6-9H2,1H3,(H,18,21)(H,19,20);1H. The van der Waals surface area contributed by atoms with E-state index in [0.29, 0.717) is 11.6 Å². The van der Waals surface area contributed by atoms with E-state index in [4.69, 9.17) is 4.74 Å². The highest BCUT2D eigenvalue weighted by atomic mass is 35.5. The molecule has 2 heterocycles. The van der Waals surface area contributed by atoms with E-state index in [1.807, 2.05) is 37.3 Å². The number of nitrogens with one attached hydrogen (secondary N) is 3. The van der Waals surface area contributed by atoms with Crippen molar-refractivity contribution in [1.82, 2.24) is 15.5 Å². The van der Waals surface area contributed by atoms with Gasteiger partial charge in [-0.25, -0.2) is 0 Å². The molecule has 23 heavy (non-hydrogen) atoms. The van der Waals surface area contributed by atoms with Crippen molar-refractivity contribution in [3.63, 3.8) is 0 Å². The van der Waals surface area contributed by atoms with Crippen molar-refractivity contribution in [2.75, 3.05) is 18.4 Å². The van der Waals surface area contributed by atoms with Crippen LogP contribution in [0.15, 0.2) is 30.3 Å². The van der Waals surface area contributed by atoms with Gasteiger partial charge >= 0.3 is 0 Å². The molecule has 0 radical (unpaired) electrons. The molecule has 0 aliphatic carbocycles. The van der Waals surface area contributed by atoms with Crippen molar-refractivity contribution >= 4 is 24.0 Å². The smallest absolute Gasteiger partial charge is 0.238 e. The van der Waals surface area contributed by atoms with Gasteiger partial charge in [-0.1, -0.05) is 0 Å². The summed E-state index contributed by atoms with van der Waals surface area (Å²) in [6.07, 6.45) is 1.79. The van der Waals surface area contributed by atoms with Crippen LogP contribution in [-0.2, 0) is 4.79 Å². The predicted octanol–water partition coefficient (Wildman–Crippen LogP) is 2.87. The zero-order valence-electron chi connectivity index (χ0n) is 13.0. The van der Waals surface area contributed by atoms with Gasteiger partial charge in [0.25, 0.3) is 0 Å². The highest BCUT2D eigenvalue weighted by Crippen LogP contribution is 2.22. The Morgan fingerprint density at radius 1 is 1.26 bits per heavy atom. The fourth-order valence-electron chi connectivity index (χ4n) is 2.50. The lowest BCUT2D eigenvalue weighted by molar-refractivity contribution is -0.120. The molecule has 1 fully saturated rings. The van der Waals surface area contributed by atoms with Gasteiger partial charge in [0.1, 0.15) is 5.75 Å². The fraction of sp³-hybridized carbons (Fsp3) is 0.375. The van der Waals surface area contributed by atoms with Crippen molar-refractivity contribution in [2.45, 2.75) is 19.8 Å². The Morgan fingerprint density at radius 3 is 2.57 bits per heavy atom. The second-order valence-corrected chi connectivity index (χ2v) is 5.53. The number of carbonyl (C=O) groups excluding carboxylic acids is 1. The highest BCUT2D eigenvalue weighted by molar-refractivity contribution is 5.92. The molecule has 0 spiro atoms. The summed E-state index contributed by atoms with van der Waals surface area (Å²) in [4.78, 5) is 12.2. The molecule has 1 aliphatic rings. The summed E-state index contributed by atoms with van der Waals surface area (Å²) < 4.78 is 5.61. The van der Waals surface area contributed by atoms with Gasteiger partial charge in [0.15, 0.2) is 0 Å². The number of aromatic amines is 1. The van der Waals surface area contributed by atoms with E-state index < -0.39 is 0 Å². The van der Waals surface area contributed by atoms with Crippen molar-refractivity contribution in [2.24, 2.45) is 5.92 Å². The number of amides is 1. The fourth-order valence-corrected chi connectivity index (χ4v) is 2.50. The molecule has 0 atom stereocenters. The van der Waals surface area contributed by atoms with E-state index in [2.05, 4.69) is 20.8 Å². The van der Waals surface area contributed by atoms with Gasteiger partial charge in [-0.2, -0.15) is 0 Å². The van der Waals surface area contributed by atoms with Crippen LogP contribution in [0.1, 0.15) is 18.5 Å². The molecule has 1 saturated heterocycles. The molecule has 0 bridgehead atoms. The van der Waals surface area contributed by atoms with Crippen LogP contribution in [0.5, 0.6) is 11.6 Å². The van der Waals surface area contributed by atoms with E-state index in [1.165, 1.54) is 0 Å². The van der Waals surface area contributed by atoms with E-state index >= 15 is 0 Å². The minimum Gasteiger partial charge on any atom is -0.438 e. The Labute approximate surface area is 141 Å². The lowest BCUT2D eigenvalue weighted by Crippen LogP contribution is -2.34. The molecule has 7 heteroatoms. The molecule has 0 saturated carbocycles. The summed E-state index contributed by atoms with van der Waals surface area (Å²) in [5.41, 5.74) is 1.73. The molecular formula is C16H21ClN4O2. The first-order valence-electron chi connectivity index (χ1n) is 7.52. The largest absolute Gasteiger partial charge is 0.438 e. The number of ether oxygens (including phenoxy) is 1. The summed E-state index contributed by atoms with van der Waals surface area (Å²) in [5, 5.41) is 13.1. The van der Waals surface area contributed by atoms with Crippen LogP contribution in [0.3, 0.4) is 0 Å². The number of hydrogen-bond acceptors (Lipinski definition) is 4. The number of carbonyl (C=O) groups is 1. The summed E-state index contributed by atoms with van der Waals surface area (Å²) >= 11 is 0. The second kappa shape index (κ2) is 7.99. The van der Waals surface area contributed by atoms with E-state index in [-0.39, 0.29) is 24.2 Å². The van der Waals surface area contributed by atoms with Crippen LogP contribution in [0.25, 0.3) is 0 Å². The third kappa shape index (κ3) is 4.71. The molecule has 1 amide bonds. The molecular weight excluding hydrogens is 316 g/mol. The summed E-state index contributed by atoms with van der Waals surface area (Å²) in [6, 6.07) is 9.15. The normalized spacial score (nSPS) is 14.8. The number of anilines is 1. The van der Waals surface area contributed by atoms with Gasteiger partial charge in [0.05, 0.1) is 0 Å². The number of aryl methyl sites for hydroxylation is 1. The first-order valence-corrected chi connectivity index (χ1v) is 7.52. The monoisotopic (exact) mass is 336 g/mol. The lowest BCUT2D eigenvalue weighted by Gasteiger charge is -2.21. The number of rotatable bonds is 4. The van der Waals surface area contributed by atoms with Crippen LogP contribution < -0.4 is 15.4 Å². The van der Waals surface area contributed by atoms with Crippen molar-refractivity contribution in [3.05, 3.63) is 36.0 Å². The second-order valence-electron chi connectivity index (χ2n) is 5.53. The van der Waals surface area contributed by atoms with Crippen LogP contribution in [0.2, 0.25) is 0 Å². The third-order valence-electron chi connectivity index (χ3n) is 3.74. The van der Waals surface area contributed by atoms with Crippen molar-refractivity contribution < 1.29 is 9.53 Å². The lowest BCUT2D eigenvalue weighted by atomic mass is 9.97. The summed E-state index contributed by atoms with van der Waals surface area (Å²) in [6.45, 7) is 3.74. The zero-order valence-corrected chi connectivity index (χ0v) is 13.8. The molecule has 3 rings (SSSR count). The van der Waals surface area contributed by atoms with E-state index in [9.17, 15) is 4.79 Å². The Bertz CT molecular complexity index is 636. The molecule has 1 aromatic heterocycles. The maximum atomic E-state index is 12.2. The number of benzene rings is 1. The number of halogens is 1. The van der Waals surface area contributed by atoms with Gasteiger partial charge in [-0.3, -0.25) is 9.89 Å².